The van der Waals surface area contributed by atoms with Crippen molar-refractivity contribution in [2.24, 2.45) is 0 Å². The molecule has 0 unspecified atom stereocenters. The summed E-state index contributed by atoms with van der Waals surface area (Å²) in [7, 11) is 0. The molecule has 0 saturated carbocycles. The third-order valence-electron chi connectivity index (χ3n) is 3.63. The molecule has 0 radical (unpaired) electrons. The molecule has 108 valence electrons. The van der Waals surface area contributed by atoms with E-state index in [-0.39, 0.29) is 0 Å². The lowest BCUT2D eigenvalue weighted by Crippen LogP contribution is -2.07. The van der Waals surface area contributed by atoms with E-state index >= 15 is 0 Å². The molecule has 3 nitrogen and oxygen atoms in total. The first-order valence-electron chi connectivity index (χ1n) is 6.94. The minimum absolute atomic E-state index is 0.620. The fourth-order valence-electron chi connectivity index (χ4n) is 2.31. The topological polar surface area (TPSA) is 27.1 Å². The van der Waals surface area contributed by atoms with Crippen molar-refractivity contribution in [3.05, 3.63) is 58.3 Å². The third kappa shape index (κ3) is 3.10. The number of aryl methyl sites for hydroxylation is 2. The Kier molecular flexibility index (Phi) is 3.97. The van der Waals surface area contributed by atoms with Gasteiger partial charge in [0.2, 0.25) is 0 Å². The Bertz CT molecular complexity index is 780. The molecule has 0 aliphatic heterocycles. The number of hydrogen-bond donors (Lipinski definition) is 0. The molecule has 1 aromatic heterocycles. The van der Waals surface area contributed by atoms with Gasteiger partial charge in [-0.15, -0.1) is 0 Å². The van der Waals surface area contributed by atoms with E-state index in [1.807, 2.05) is 30.6 Å². The van der Waals surface area contributed by atoms with Crippen LogP contribution in [0.1, 0.15) is 11.1 Å². The van der Waals surface area contributed by atoms with Crippen LogP contribution in [-0.2, 0) is 6.54 Å². The van der Waals surface area contributed by atoms with Crippen LogP contribution >= 0.6 is 15.9 Å². The zero-order valence-electron chi connectivity index (χ0n) is 12.1. The zero-order valence-corrected chi connectivity index (χ0v) is 13.7. The van der Waals surface area contributed by atoms with Gasteiger partial charge in [0, 0.05) is 4.47 Å². The number of halogens is 1. The van der Waals surface area contributed by atoms with Crippen molar-refractivity contribution in [1.82, 2.24) is 9.55 Å². The molecule has 2 aromatic carbocycles. The van der Waals surface area contributed by atoms with E-state index in [4.69, 9.17) is 4.74 Å². The van der Waals surface area contributed by atoms with Crippen LogP contribution in [0.2, 0.25) is 0 Å². The largest absolute Gasteiger partial charge is 0.492 e. The summed E-state index contributed by atoms with van der Waals surface area (Å²) in [6.07, 6.45) is 1.88. The summed E-state index contributed by atoms with van der Waals surface area (Å²) in [4.78, 5) is 4.46. The SMILES string of the molecule is Cc1cc2ncn(CCOc3cccc(Br)c3)c2cc1C. The molecule has 0 fully saturated rings. The molecule has 1 heterocycles. The molecular formula is C17H17BrN2O. The van der Waals surface area contributed by atoms with Crippen molar-refractivity contribution in [3.63, 3.8) is 0 Å². The van der Waals surface area contributed by atoms with Crippen LogP contribution in [0.5, 0.6) is 5.75 Å². The van der Waals surface area contributed by atoms with E-state index in [1.165, 1.54) is 11.1 Å². The van der Waals surface area contributed by atoms with Crippen LogP contribution in [0.15, 0.2) is 47.2 Å². The van der Waals surface area contributed by atoms with Crippen LogP contribution < -0.4 is 4.74 Å². The number of nitrogens with zero attached hydrogens (tertiary/aromatic N) is 2. The minimum Gasteiger partial charge on any atom is -0.492 e. The third-order valence-corrected chi connectivity index (χ3v) is 4.13. The van der Waals surface area contributed by atoms with Gasteiger partial charge in [-0.2, -0.15) is 0 Å². The summed E-state index contributed by atoms with van der Waals surface area (Å²) in [5.74, 6) is 0.876. The van der Waals surface area contributed by atoms with Gasteiger partial charge in [0.05, 0.1) is 23.9 Å². The molecule has 0 saturated heterocycles. The Balaban J connectivity index is 1.72. The number of fused-ring (bicyclic) bond motifs is 1. The number of imidazole rings is 1. The monoisotopic (exact) mass is 344 g/mol. The van der Waals surface area contributed by atoms with Gasteiger partial charge in [-0.05, 0) is 55.3 Å². The molecule has 3 aromatic rings. The van der Waals surface area contributed by atoms with Crippen LogP contribution in [0, 0.1) is 13.8 Å². The summed E-state index contributed by atoms with van der Waals surface area (Å²) in [6, 6.07) is 12.2. The van der Waals surface area contributed by atoms with Gasteiger partial charge in [-0.25, -0.2) is 4.98 Å². The molecule has 4 heteroatoms. The first-order valence-corrected chi connectivity index (χ1v) is 7.73. The Morgan fingerprint density at radius 3 is 2.76 bits per heavy atom. The molecule has 3 rings (SSSR count). The van der Waals surface area contributed by atoms with Gasteiger partial charge in [0.15, 0.2) is 0 Å². The Hall–Kier alpha value is -1.81. The molecule has 0 aliphatic rings. The molecule has 0 bridgehead atoms. The molecule has 0 atom stereocenters. The standard InChI is InChI=1S/C17H17BrN2O/c1-12-8-16-17(9-13(12)2)20(11-19-16)6-7-21-15-5-3-4-14(18)10-15/h3-5,8-11H,6-7H2,1-2H3. The average Bonchev–Trinajstić information content (AvgIpc) is 2.82. The lowest BCUT2D eigenvalue weighted by atomic mass is 10.1. The Morgan fingerprint density at radius 1 is 1.14 bits per heavy atom. The predicted octanol–water partition coefficient (Wildman–Crippen LogP) is 4.49. The van der Waals surface area contributed by atoms with Crippen LogP contribution in [0.25, 0.3) is 11.0 Å². The van der Waals surface area contributed by atoms with Crippen molar-refractivity contribution in [2.75, 3.05) is 6.61 Å². The lowest BCUT2D eigenvalue weighted by Gasteiger charge is -2.08. The van der Waals surface area contributed by atoms with Gasteiger partial charge < -0.3 is 9.30 Å². The lowest BCUT2D eigenvalue weighted by molar-refractivity contribution is 0.300. The van der Waals surface area contributed by atoms with Gasteiger partial charge in [-0.1, -0.05) is 22.0 Å². The van der Waals surface area contributed by atoms with Gasteiger partial charge >= 0.3 is 0 Å². The van der Waals surface area contributed by atoms with Crippen molar-refractivity contribution < 1.29 is 4.74 Å². The first kappa shape index (κ1) is 14.1. The van der Waals surface area contributed by atoms with E-state index in [0.29, 0.717) is 6.61 Å². The van der Waals surface area contributed by atoms with Crippen LogP contribution in [0.4, 0.5) is 0 Å². The van der Waals surface area contributed by atoms with Crippen molar-refractivity contribution >= 4 is 27.0 Å². The van der Waals surface area contributed by atoms with E-state index in [0.717, 1.165) is 27.8 Å². The Morgan fingerprint density at radius 2 is 1.95 bits per heavy atom. The smallest absolute Gasteiger partial charge is 0.120 e. The number of aromatic nitrogens is 2. The average molecular weight is 345 g/mol. The second kappa shape index (κ2) is 5.90. The highest BCUT2D eigenvalue weighted by Crippen LogP contribution is 2.20. The number of rotatable bonds is 4. The number of ether oxygens (including phenoxy) is 1. The predicted molar refractivity (Wildman–Crippen MR) is 88.8 cm³/mol. The molecule has 0 amide bonds. The number of benzene rings is 2. The quantitative estimate of drug-likeness (QED) is 0.696. The molecular weight excluding hydrogens is 328 g/mol. The summed E-state index contributed by atoms with van der Waals surface area (Å²) in [5, 5.41) is 0. The second-order valence-electron chi connectivity index (χ2n) is 5.17. The zero-order chi connectivity index (χ0) is 14.8. The molecule has 0 aliphatic carbocycles. The highest BCUT2D eigenvalue weighted by molar-refractivity contribution is 9.10. The summed E-state index contributed by atoms with van der Waals surface area (Å²) >= 11 is 3.44. The maximum absolute atomic E-state index is 5.78. The highest BCUT2D eigenvalue weighted by atomic mass is 79.9. The van der Waals surface area contributed by atoms with Gasteiger partial charge in [-0.3, -0.25) is 0 Å². The van der Waals surface area contributed by atoms with Crippen molar-refractivity contribution in [3.8, 4) is 5.75 Å². The Labute approximate surface area is 132 Å². The summed E-state index contributed by atoms with van der Waals surface area (Å²) in [6.45, 7) is 5.65. The van der Waals surface area contributed by atoms with Crippen LogP contribution in [-0.4, -0.2) is 16.2 Å². The number of hydrogen-bond acceptors (Lipinski definition) is 2. The second-order valence-corrected chi connectivity index (χ2v) is 6.08. The van der Waals surface area contributed by atoms with E-state index in [2.05, 4.69) is 51.5 Å². The normalized spacial score (nSPS) is 11.0. The summed E-state index contributed by atoms with van der Waals surface area (Å²) in [5.41, 5.74) is 4.77. The molecule has 21 heavy (non-hydrogen) atoms. The summed E-state index contributed by atoms with van der Waals surface area (Å²) < 4.78 is 8.95. The maximum Gasteiger partial charge on any atom is 0.120 e. The highest BCUT2D eigenvalue weighted by Gasteiger charge is 2.05. The fraction of sp³-hybridized carbons (Fsp3) is 0.235. The van der Waals surface area contributed by atoms with Crippen LogP contribution in [0.3, 0.4) is 0 Å². The fourth-order valence-corrected chi connectivity index (χ4v) is 2.69. The first-order chi connectivity index (χ1) is 10.1. The minimum atomic E-state index is 0.620. The van der Waals surface area contributed by atoms with E-state index in [1.54, 1.807) is 0 Å². The van der Waals surface area contributed by atoms with Gasteiger partial charge in [0.1, 0.15) is 12.4 Å². The van der Waals surface area contributed by atoms with E-state index < -0.39 is 0 Å². The maximum atomic E-state index is 5.78. The molecule has 0 N–H and O–H groups in total. The van der Waals surface area contributed by atoms with Crippen molar-refractivity contribution in [2.45, 2.75) is 20.4 Å². The van der Waals surface area contributed by atoms with E-state index in [9.17, 15) is 0 Å². The van der Waals surface area contributed by atoms with Crippen molar-refractivity contribution in [1.29, 1.82) is 0 Å². The molecule has 0 spiro atoms. The van der Waals surface area contributed by atoms with Gasteiger partial charge in [0.25, 0.3) is 0 Å².